The number of halogens is 2. The van der Waals surface area contributed by atoms with Crippen LogP contribution in [0.3, 0.4) is 0 Å². The number of aliphatic hydroxyl groups is 1. The van der Waals surface area contributed by atoms with Crippen LogP contribution in [0, 0.1) is 18.6 Å². The third-order valence-electron chi connectivity index (χ3n) is 3.93. The molecule has 0 bridgehead atoms. The van der Waals surface area contributed by atoms with Crippen molar-refractivity contribution in [2.45, 2.75) is 13.0 Å². The number of carbonyl (C=O) groups is 1. The highest BCUT2D eigenvalue weighted by molar-refractivity contribution is 5.98. The molecule has 25 heavy (non-hydrogen) atoms. The maximum Gasteiger partial charge on any atom is 0.253 e. The Morgan fingerprint density at radius 2 is 1.80 bits per heavy atom. The molecule has 0 aliphatic carbocycles. The average Bonchev–Trinajstić information content (AvgIpc) is 2.59. The molecule has 2 N–H and O–H groups in total. The number of nitrogens with zero attached hydrogens (tertiary/aromatic N) is 1. The molecule has 0 fully saturated rings. The van der Waals surface area contributed by atoms with Crippen LogP contribution in [0.15, 0.2) is 48.5 Å². The van der Waals surface area contributed by atoms with E-state index in [1.807, 2.05) is 0 Å². The van der Waals surface area contributed by atoms with Gasteiger partial charge in [0.2, 0.25) is 0 Å². The molecule has 0 aliphatic heterocycles. The molecule has 4 nitrogen and oxygen atoms in total. The summed E-state index contributed by atoms with van der Waals surface area (Å²) >= 11 is 0. The van der Waals surface area contributed by atoms with Gasteiger partial charge in [0.1, 0.15) is 11.6 Å². The fourth-order valence-electron chi connectivity index (χ4n) is 2.55. The molecular formula is C19H16F2N2O2. The first kappa shape index (κ1) is 17.0. The van der Waals surface area contributed by atoms with Crippen molar-refractivity contribution in [3.63, 3.8) is 0 Å². The van der Waals surface area contributed by atoms with E-state index >= 15 is 0 Å². The number of fused-ring (bicyclic) bond motifs is 1. The Kier molecular flexibility index (Phi) is 4.72. The van der Waals surface area contributed by atoms with Crippen LogP contribution in [-0.4, -0.2) is 22.5 Å². The monoisotopic (exact) mass is 342 g/mol. The van der Waals surface area contributed by atoms with E-state index in [1.165, 1.54) is 36.4 Å². The molecule has 0 saturated carbocycles. The summed E-state index contributed by atoms with van der Waals surface area (Å²) < 4.78 is 26.2. The number of aromatic nitrogens is 1. The summed E-state index contributed by atoms with van der Waals surface area (Å²) in [4.78, 5) is 16.6. The van der Waals surface area contributed by atoms with Gasteiger partial charge in [-0.25, -0.2) is 8.78 Å². The molecule has 1 unspecified atom stereocenters. The number of hydrogen-bond acceptors (Lipinski definition) is 3. The molecule has 1 heterocycles. The van der Waals surface area contributed by atoms with Gasteiger partial charge in [-0.15, -0.1) is 0 Å². The first-order chi connectivity index (χ1) is 11.9. The van der Waals surface area contributed by atoms with E-state index in [2.05, 4.69) is 10.3 Å². The topological polar surface area (TPSA) is 62.2 Å². The van der Waals surface area contributed by atoms with Gasteiger partial charge in [0.05, 0.1) is 22.9 Å². The van der Waals surface area contributed by atoms with Crippen LogP contribution in [0.5, 0.6) is 0 Å². The van der Waals surface area contributed by atoms with Gasteiger partial charge in [-0.1, -0.05) is 12.1 Å². The molecule has 128 valence electrons. The number of rotatable bonds is 4. The highest BCUT2D eigenvalue weighted by Crippen LogP contribution is 2.18. The van der Waals surface area contributed by atoms with Crippen molar-refractivity contribution in [2.75, 3.05) is 6.54 Å². The van der Waals surface area contributed by atoms with E-state index in [0.29, 0.717) is 27.7 Å². The Labute approximate surface area is 143 Å². The first-order valence-corrected chi connectivity index (χ1v) is 7.72. The maximum atomic E-state index is 13.3. The van der Waals surface area contributed by atoms with E-state index in [0.717, 1.165) is 0 Å². The predicted octanol–water partition coefficient (Wildman–Crippen LogP) is 3.28. The first-order valence-electron chi connectivity index (χ1n) is 7.72. The predicted molar refractivity (Wildman–Crippen MR) is 90.1 cm³/mol. The van der Waals surface area contributed by atoms with Crippen LogP contribution in [0.1, 0.15) is 27.7 Å². The molecule has 3 aromatic rings. The maximum absolute atomic E-state index is 13.3. The van der Waals surface area contributed by atoms with E-state index in [1.54, 1.807) is 19.1 Å². The molecule has 0 radical (unpaired) electrons. The van der Waals surface area contributed by atoms with Crippen LogP contribution >= 0.6 is 0 Å². The number of benzene rings is 2. The summed E-state index contributed by atoms with van der Waals surface area (Å²) in [6.45, 7) is 1.64. The van der Waals surface area contributed by atoms with Crippen molar-refractivity contribution in [1.82, 2.24) is 10.3 Å². The van der Waals surface area contributed by atoms with Gasteiger partial charge in [-0.3, -0.25) is 9.78 Å². The summed E-state index contributed by atoms with van der Waals surface area (Å²) in [5.41, 5.74) is 1.79. The lowest BCUT2D eigenvalue weighted by Gasteiger charge is -2.13. The zero-order valence-electron chi connectivity index (χ0n) is 13.5. The van der Waals surface area contributed by atoms with Crippen molar-refractivity contribution in [3.8, 4) is 0 Å². The van der Waals surface area contributed by atoms with Crippen LogP contribution in [0.4, 0.5) is 8.78 Å². The number of amides is 1. The zero-order valence-corrected chi connectivity index (χ0v) is 13.5. The highest BCUT2D eigenvalue weighted by atomic mass is 19.1. The summed E-state index contributed by atoms with van der Waals surface area (Å²) in [5, 5.41) is 13.4. The lowest BCUT2D eigenvalue weighted by molar-refractivity contribution is 0.0915. The number of aryl methyl sites for hydroxylation is 1. The smallest absolute Gasteiger partial charge is 0.253 e. The lowest BCUT2D eigenvalue weighted by atomic mass is 10.1. The van der Waals surface area contributed by atoms with Gasteiger partial charge in [0, 0.05) is 18.0 Å². The lowest BCUT2D eigenvalue weighted by Crippen LogP contribution is -2.29. The normalized spacial score (nSPS) is 12.2. The standard InChI is InChI=1S/C19H16F2N2O2/c1-11-16(8-13-4-7-15(21)9-17(13)23-11)19(25)22-10-18(24)12-2-5-14(20)6-3-12/h2-9,18,24H,10H2,1H3,(H,22,25). The Morgan fingerprint density at radius 3 is 2.52 bits per heavy atom. The number of nitrogens with one attached hydrogen (secondary N) is 1. The van der Waals surface area contributed by atoms with E-state index in [9.17, 15) is 18.7 Å². The second-order valence-corrected chi connectivity index (χ2v) is 5.74. The zero-order chi connectivity index (χ0) is 18.0. The SMILES string of the molecule is Cc1nc2cc(F)ccc2cc1C(=O)NCC(O)c1ccc(F)cc1. The van der Waals surface area contributed by atoms with Crippen molar-refractivity contribution in [2.24, 2.45) is 0 Å². The molecule has 1 atom stereocenters. The van der Waals surface area contributed by atoms with Crippen LogP contribution < -0.4 is 5.32 Å². The number of hydrogen-bond donors (Lipinski definition) is 2. The number of pyridine rings is 1. The summed E-state index contributed by atoms with van der Waals surface area (Å²) in [7, 11) is 0. The molecule has 1 aromatic heterocycles. The minimum atomic E-state index is -0.952. The Hall–Kier alpha value is -2.86. The van der Waals surface area contributed by atoms with E-state index in [-0.39, 0.29) is 12.4 Å². The summed E-state index contributed by atoms with van der Waals surface area (Å²) in [6.07, 6.45) is -0.952. The third kappa shape index (κ3) is 3.80. The number of carbonyl (C=O) groups excluding carboxylic acids is 1. The molecule has 3 rings (SSSR count). The van der Waals surface area contributed by atoms with Crippen LogP contribution in [0.2, 0.25) is 0 Å². The van der Waals surface area contributed by atoms with E-state index in [4.69, 9.17) is 0 Å². The van der Waals surface area contributed by atoms with Gasteiger partial charge in [0.25, 0.3) is 5.91 Å². The van der Waals surface area contributed by atoms with Crippen LogP contribution in [0.25, 0.3) is 10.9 Å². The molecule has 0 aliphatic rings. The van der Waals surface area contributed by atoms with Crippen molar-refractivity contribution < 1.29 is 18.7 Å². The largest absolute Gasteiger partial charge is 0.387 e. The summed E-state index contributed by atoms with van der Waals surface area (Å²) in [5.74, 6) is -1.18. The Bertz CT molecular complexity index is 927. The van der Waals surface area contributed by atoms with Gasteiger partial charge in [0.15, 0.2) is 0 Å². The minimum absolute atomic E-state index is 0.0225. The van der Waals surface area contributed by atoms with Crippen molar-refractivity contribution in [1.29, 1.82) is 0 Å². The molecule has 0 saturated heterocycles. The number of aliphatic hydroxyl groups excluding tert-OH is 1. The average molecular weight is 342 g/mol. The van der Waals surface area contributed by atoms with Crippen molar-refractivity contribution >= 4 is 16.8 Å². The molecule has 2 aromatic carbocycles. The summed E-state index contributed by atoms with van der Waals surface area (Å²) in [6, 6.07) is 11.2. The molecular weight excluding hydrogens is 326 g/mol. The highest BCUT2D eigenvalue weighted by Gasteiger charge is 2.14. The molecule has 1 amide bonds. The van der Waals surface area contributed by atoms with Crippen molar-refractivity contribution in [3.05, 3.63) is 77.0 Å². The molecule has 6 heteroatoms. The van der Waals surface area contributed by atoms with Gasteiger partial charge < -0.3 is 10.4 Å². The second kappa shape index (κ2) is 6.94. The minimum Gasteiger partial charge on any atom is -0.387 e. The fourth-order valence-corrected chi connectivity index (χ4v) is 2.55. The van der Waals surface area contributed by atoms with Crippen LogP contribution in [-0.2, 0) is 0 Å². The second-order valence-electron chi connectivity index (χ2n) is 5.74. The van der Waals surface area contributed by atoms with Gasteiger partial charge in [-0.2, -0.15) is 0 Å². The Morgan fingerprint density at radius 1 is 1.12 bits per heavy atom. The third-order valence-corrected chi connectivity index (χ3v) is 3.93. The van der Waals surface area contributed by atoms with Gasteiger partial charge >= 0.3 is 0 Å². The quantitative estimate of drug-likeness (QED) is 0.765. The van der Waals surface area contributed by atoms with E-state index < -0.39 is 17.8 Å². The Balaban J connectivity index is 1.74. The van der Waals surface area contributed by atoms with Gasteiger partial charge in [-0.05, 0) is 42.8 Å². The molecule has 0 spiro atoms. The fraction of sp³-hybridized carbons (Fsp3) is 0.158.